The van der Waals surface area contributed by atoms with Gasteiger partial charge >= 0.3 is 0 Å². The molecule has 0 aliphatic heterocycles. The molecular weight excluding hydrogens is 164 g/mol. The summed E-state index contributed by atoms with van der Waals surface area (Å²) in [7, 11) is 0. The van der Waals surface area contributed by atoms with Crippen LogP contribution in [0.4, 0.5) is 0 Å². The normalized spacial score (nSPS) is 8.00. The van der Waals surface area contributed by atoms with E-state index < -0.39 is 0 Å². The van der Waals surface area contributed by atoms with Crippen molar-refractivity contribution >= 4 is 25.0 Å². The molecule has 0 saturated heterocycles. The maximum Gasteiger partial charge on any atom is 0.233 e. The minimum absolute atomic E-state index is 0. The van der Waals surface area contributed by atoms with Crippen LogP contribution in [0, 0.1) is 0 Å². The fourth-order valence-electron chi connectivity index (χ4n) is 0.646. The molecule has 0 unspecified atom stereocenters. The lowest BCUT2D eigenvalue weighted by Crippen LogP contribution is -1.83. The fourth-order valence-corrected chi connectivity index (χ4v) is 0.646. The topological polar surface area (TPSA) is 34.1 Å². The predicted octanol–water partition coefficient (Wildman–Crippen LogP) is 1.02. The quantitative estimate of drug-likeness (QED) is 0.661. The summed E-state index contributed by atoms with van der Waals surface area (Å²) in [5, 5.41) is 0. The van der Waals surface area contributed by atoms with Crippen LogP contribution in [0.3, 0.4) is 0 Å². The van der Waals surface area contributed by atoms with E-state index in [1.807, 2.05) is 0 Å². The second kappa shape index (κ2) is 4.63. The predicted molar refractivity (Wildman–Crippen MR) is 43.3 cm³/mol. The van der Waals surface area contributed by atoms with Crippen LogP contribution in [0.25, 0.3) is 0 Å². The van der Waals surface area contributed by atoms with Crippen LogP contribution in [-0.4, -0.2) is 12.6 Å². The van der Waals surface area contributed by atoms with E-state index in [1.165, 1.54) is 6.07 Å². The Hall–Kier alpha value is -1.15. The summed E-state index contributed by atoms with van der Waals surface area (Å²) in [6.45, 7) is 0. The largest absolute Gasteiger partial charge is 0.285 e. The number of halogens is 1. The molecule has 56 valence electrons. The molecule has 0 saturated carbocycles. The standard InChI is InChI=1S/C8H4O2.ClH/c9-5-7-2-1-3-8(4-7)6-10;/h1-4H;1H. The zero-order chi connectivity index (χ0) is 7.40. The molecule has 0 aromatic heterocycles. The molecule has 0 heterocycles. The Morgan fingerprint density at radius 1 is 1.00 bits per heavy atom. The first kappa shape index (κ1) is 9.85. The van der Waals surface area contributed by atoms with Gasteiger partial charge in [-0.15, -0.1) is 12.4 Å². The molecule has 0 fully saturated rings. The number of hydrogen-bond acceptors (Lipinski definition) is 2. The van der Waals surface area contributed by atoms with Gasteiger partial charge in [0, 0.05) is 11.1 Å². The van der Waals surface area contributed by atoms with E-state index in [2.05, 4.69) is 0 Å². The van der Waals surface area contributed by atoms with Crippen LogP contribution in [0.15, 0.2) is 24.3 Å². The summed E-state index contributed by atoms with van der Waals surface area (Å²) in [5.41, 5.74) is 0.752. The minimum atomic E-state index is 0. The van der Waals surface area contributed by atoms with Gasteiger partial charge in [-0.25, -0.2) is 0 Å². The van der Waals surface area contributed by atoms with E-state index in [0.717, 1.165) is 0 Å². The Morgan fingerprint density at radius 3 is 1.82 bits per heavy atom. The summed E-state index contributed by atoms with van der Waals surface area (Å²) in [5.74, 6) is 0. The monoisotopic (exact) mass is 168 g/mol. The lowest BCUT2D eigenvalue weighted by molar-refractivity contribution is 0.562. The fraction of sp³-hybridized carbons (Fsp3) is 0. The maximum atomic E-state index is 10.0. The van der Waals surface area contributed by atoms with Gasteiger partial charge < -0.3 is 0 Å². The van der Waals surface area contributed by atoms with Crippen molar-refractivity contribution in [2.75, 3.05) is 0 Å². The van der Waals surface area contributed by atoms with Crippen molar-refractivity contribution in [3.8, 4) is 0 Å². The molecule has 0 spiro atoms. The first-order chi connectivity index (χ1) is 4.86. The first-order valence-electron chi connectivity index (χ1n) is 2.73. The van der Waals surface area contributed by atoms with Crippen molar-refractivity contribution < 1.29 is 9.59 Å². The van der Waals surface area contributed by atoms with E-state index in [-0.39, 0.29) is 12.4 Å². The Bertz CT molecular complexity index is 235. The van der Waals surface area contributed by atoms with Gasteiger partial charge in [-0.05, 0) is 6.07 Å². The SMILES string of the molecule is Cl.O=[C]c1cccc([C]=O)c1. The Balaban J connectivity index is 0.000001000. The van der Waals surface area contributed by atoms with Crippen molar-refractivity contribution in [3.63, 3.8) is 0 Å². The smallest absolute Gasteiger partial charge is 0.233 e. The van der Waals surface area contributed by atoms with E-state index in [0.29, 0.717) is 11.1 Å². The molecule has 2 radical (unpaired) electrons. The molecular formula is C8H5ClO2. The third kappa shape index (κ3) is 2.51. The van der Waals surface area contributed by atoms with E-state index in [1.54, 1.807) is 30.8 Å². The molecule has 0 bridgehead atoms. The van der Waals surface area contributed by atoms with E-state index in [4.69, 9.17) is 0 Å². The molecule has 1 rings (SSSR count). The van der Waals surface area contributed by atoms with Crippen molar-refractivity contribution in [2.24, 2.45) is 0 Å². The maximum absolute atomic E-state index is 10.0. The second-order valence-electron chi connectivity index (χ2n) is 1.78. The second-order valence-corrected chi connectivity index (χ2v) is 1.78. The molecule has 1 aromatic carbocycles. The summed E-state index contributed by atoms with van der Waals surface area (Å²) >= 11 is 0. The van der Waals surface area contributed by atoms with Crippen molar-refractivity contribution in [2.45, 2.75) is 0 Å². The van der Waals surface area contributed by atoms with Gasteiger partial charge in [0.1, 0.15) is 0 Å². The van der Waals surface area contributed by atoms with Gasteiger partial charge in [-0.1, -0.05) is 18.2 Å². The van der Waals surface area contributed by atoms with Crippen LogP contribution in [-0.2, 0) is 9.59 Å². The van der Waals surface area contributed by atoms with Crippen LogP contribution < -0.4 is 0 Å². The molecule has 0 amide bonds. The number of benzene rings is 1. The van der Waals surface area contributed by atoms with Gasteiger partial charge in [0.15, 0.2) is 0 Å². The minimum Gasteiger partial charge on any atom is -0.285 e. The number of rotatable bonds is 2. The molecule has 0 aliphatic rings. The highest BCUT2D eigenvalue weighted by Crippen LogP contribution is 1.98. The van der Waals surface area contributed by atoms with Crippen LogP contribution in [0.5, 0.6) is 0 Å². The van der Waals surface area contributed by atoms with Gasteiger partial charge in [0.2, 0.25) is 12.6 Å². The Kier molecular flexibility index (Phi) is 4.15. The number of hydrogen-bond donors (Lipinski definition) is 0. The van der Waals surface area contributed by atoms with Crippen LogP contribution in [0.1, 0.15) is 11.1 Å². The Labute approximate surface area is 70.6 Å². The Morgan fingerprint density at radius 2 is 1.45 bits per heavy atom. The van der Waals surface area contributed by atoms with Crippen LogP contribution in [0.2, 0.25) is 0 Å². The molecule has 2 nitrogen and oxygen atoms in total. The van der Waals surface area contributed by atoms with E-state index >= 15 is 0 Å². The highest BCUT2D eigenvalue weighted by atomic mass is 35.5. The molecule has 3 heteroatoms. The first-order valence-corrected chi connectivity index (χ1v) is 2.73. The summed E-state index contributed by atoms with van der Waals surface area (Å²) in [4.78, 5) is 20.0. The summed E-state index contributed by atoms with van der Waals surface area (Å²) < 4.78 is 0. The molecule has 0 aliphatic carbocycles. The average molecular weight is 169 g/mol. The summed E-state index contributed by atoms with van der Waals surface area (Å²) in [6.07, 6.45) is 3.35. The van der Waals surface area contributed by atoms with Crippen molar-refractivity contribution in [3.05, 3.63) is 35.4 Å². The average Bonchev–Trinajstić information content (AvgIpc) is 2.05. The van der Waals surface area contributed by atoms with E-state index in [9.17, 15) is 9.59 Å². The third-order valence-electron chi connectivity index (χ3n) is 1.10. The molecule has 11 heavy (non-hydrogen) atoms. The van der Waals surface area contributed by atoms with Gasteiger partial charge in [0.25, 0.3) is 0 Å². The molecule has 1 aromatic rings. The highest BCUT2D eigenvalue weighted by Gasteiger charge is 1.92. The lowest BCUT2D eigenvalue weighted by atomic mass is 10.2. The molecule has 0 atom stereocenters. The van der Waals surface area contributed by atoms with Crippen molar-refractivity contribution in [1.29, 1.82) is 0 Å². The number of carbonyl (C=O) groups excluding carboxylic acids is 2. The van der Waals surface area contributed by atoms with Gasteiger partial charge in [-0.2, -0.15) is 0 Å². The van der Waals surface area contributed by atoms with Crippen molar-refractivity contribution in [1.82, 2.24) is 0 Å². The summed E-state index contributed by atoms with van der Waals surface area (Å²) in [6, 6.07) is 6.20. The zero-order valence-electron chi connectivity index (χ0n) is 5.53. The highest BCUT2D eigenvalue weighted by molar-refractivity contribution is 5.85. The zero-order valence-corrected chi connectivity index (χ0v) is 6.35. The van der Waals surface area contributed by atoms with Gasteiger partial charge in [-0.3, -0.25) is 9.59 Å². The van der Waals surface area contributed by atoms with Gasteiger partial charge in [0.05, 0.1) is 0 Å². The lowest BCUT2D eigenvalue weighted by Gasteiger charge is -1.87. The third-order valence-corrected chi connectivity index (χ3v) is 1.10. The molecule has 0 N–H and O–H groups in total. The van der Waals surface area contributed by atoms with Crippen LogP contribution >= 0.6 is 12.4 Å².